The Hall–Kier alpha value is -0.963. The second kappa shape index (κ2) is 2.58. The smallest absolute Gasteiger partial charge is 0.161 e. The molecule has 0 spiro atoms. The van der Waals surface area contributed by atoms with E-state index in [4.69, 9.17) is 9.47 Å². The summed E-state index contributed by atoms with van der Waals surface area (Å²) in [6.07, 6.45) is 0. The lowest BCUT2D eigenvalue weighted by molar-refractivity contribution is 0.172. The number of ether oxygens (including phenoxy) is 2. The van der Waals surface area contributed by atoms with Crippen LogP contribution in [0.25, 0.3) is 0 Å². The molecular formula is C8H10O2Si. The number of fused-ring (bicyclic) bond motifs is 1. The van der Waals surface area contributed by atoms with E-state index in [1.165, 1.54) is 5.19 Å². The van der Waals surface area contributed by atoms with Crippen LogP contribution >= 0.6 is 0 Å². The molecule has 11 heavy (non-hydrogen) atoms. The van der Waals surface area contributed by atoms with Gasteiger partial charge in [-0.3, -0.25) is 0 Å². The van der Waals surface area contributed by atoms with Crippen molar-refractivity contribution >= 4 is 15.4 Å². The van der Waals surface area contributed by atoms with Crippen LogP contribution in [-0.2, 0) is 0 Å². The van der Waals surface area contributed by atoms with Crippen molar-refractivity contribution in [1.29, 1.82) is 0 Å². The summed E-state index contributed by atoms with van der Waals surface area (Å²) in [7, 11) is 1.07. The summed E-state index contributed by atoms with van der Waals surface area (Å²) in [5, 5.41) is 1.34. The Morgan fingerprint density at radius 3 is 2.64 bits per heavy atom. The van der Waals surface area contributed by atoms with Crippen LogP contribution in [0.2, 0.25) is 0 Å². The summed E-state index contributed by atoms with van der Waals surface area (Å²) < 4.78 is 10.8. The first-order valence-corrected chi connectivity index (χ1v) is 4.72. The molecule has 1 heterocycles. The second-order valence-electron chi connectivity index (χ2n) is 2.65. The Bertz CT molecular complexity index is 273. The summed E-state index contributed by atoms with van der Waals surface area (Å²) in [5.41, 5.74) is 0. The first kappa shape index (κ1) is 6.73. The number of benzene rings is 1. The van der Waals surface area contributed by atoms with Crippen molar-refractivity contribution in [3.63, 3.8) is 0 Å². The van der Waals surface area contributed by atoms with Gasteiger partial charge in [-0.2, -0.15) is 0 Å². The van der Waals surface area contributed by atoms with Gasteiger partial charge in [0.15, 0.2) is 11.5 Å². The third-order valence-corrected chi connectivity index (χ3v) is 2.32. The first-order valence-electron chi connectivity index (χ1n) is 3.72. The Balaban J connectivity index is 2.43. The number of hydrogen-bond acceptors (Lipinski definition) is 2. The van der Waals surface area contributed by atoms with Crippen LogP contribution in [0, 0.1) is 0 Å². The molecule has 0 unspecified atom stereocenters. The summed E-state index contributed by atoms with van der Waals surface area (Å²) in [6, 6.07) is 6.12. The minimum absolute atomic E-state index is 0.674. The second-order valence-corrected chi connectivity index (χ2v) is 3.80. The summed E-state index contributed by atoms with van der Waals surface area (Å²) in [4.78, 5) is 0. The molecule has 0 aromatic heterocycles. The highest BCUT2D eigenvalue weighted by Crippen LogP contribution is 2.27. The molecule has 0 saturated heterocycles. The predicted molar refractivity (Wildman–Crippen MR) is 47.0 cm³/mol. The van der Waals surface area contributed by atoms with Crippen LogP contribution in [0.1, 0.15) is 0 Å². The van der Waals surface area contributed by atoms with Gasteiger partial charge in [0.1, 0.15) is 13.2 Å². The molecule has 0 radical (unpaired) electrons. The number of hydrogen-bond donors (Lipinski definition) is 0. The average Bonchev–Trinajstić information content (AvgIpc) is 2.04. The van der Waals surface area contributed by atoms with Gasteiger partial charge >= 0.3 is 0 Å². The zero-order chi connectivity index (χ0) is 7.68. The van der Waals surface area contributed by atoms with Crippen molar-refractivity contribution in [3.8, 4) is 11.5 Å². The van der Waals surface area contributed by atoms with Crippen molar-refractivity contribution < 1.29 is 9.47 Å². The molecule has 0 bridgehead atoms. The van der Waals surface area contributed by atoms with Gasteiger partial charge in [0.05, 0.1) is 0 Å². The lowest BCUT2D eigenvalue weighted by Gasteiger charge is -2.18. The fourth-order valence-corrected chi connectivity index (χ4v) is 1.58. The van der Waals surface area contributed by atoms with Crippen molar-refractivity contribution in [1.82, 2.24) is 0 Å². The minimum atomic E-state index is 0.674. The lowest BCUT2D eigenvalue weighted by Crippen LogP contribution is -2.17. The van der Waals surface area contributed by atoms with Crippen LogP contribution < -0.4 is 14.7 Å². The Kier molecular flexibility index (Phi) is 1.58. The normalized spacial score (nSPS) is 14.9. The van der Waals surface area contributed by atoms with Crippen LogP contribution in [0.5, 0.6) is 11.5 Å². The maximum absolute atomic E-state index is 5.40. The van der Waals surface area contributed by atoms with Crippen LogP contribution in [0.3, 0.4) is 0 Å². The minimum Gasteiger partial charge on any atom is -0.486 e. The molecule has 3 heteroatoms. The molecule has 0 atom stereocenters. The van der Waals surface area contributed by atoms with E-state index in [1.807, 2.05) is 6.07 Å². The van der Waals surface area contributed by atoms with Crippen LogP contribution in [-0.4, -0.2) is 23.5 Å². The van der Waals surface area contributed by atoms with Gasteiger partial charge in [0.2, 0.25) is 0 Å². The van der Waals surface area contributed by atoms with Crippen molar-refractivity contribution in [2.75, 3.05) is 13.2 Å². The van der Waals surface area contributed by atoms with E-state index in [2.05, 4.69) is 12.1 Å². The largest absolute Gasteiger partial charge is 0.486 e. The predicted octanol–water partition coefficient (Wildman–Crippen LogP) is -0.552. The highest BCUT2D eigenvalue weighted by molar-refractivity contribution is 6.32. The summed E-state index contributed by atoms with van der Waals surface area (Å²) in [6.45, 7) is 1.35. The van der Waals surface area contributed by atoms with Gasteiger partial charge in [-0.15, -0.1) is 0 Å². The molecular weight excluding hydrogens is 156 g/mol. The molecule has 2 nitrogen and oxygen atoms in total. The fraction of sp³-hybridized carbons (Fsp3) is 0.250. The molecule has 58 valence electrons. The maximum Gasteiger partial charge on any atom is 0.161 e. The SMILES string of the molecule is [SiH3]c1ccc2c(c1)OCCO2. The molecule has 1 aromatic carbocycles. The van der Waals surface area contributed by atoms with Crippen LogP contribution in [0.4, 0.5) is 0 Å². The molecule has 0 aliphatic carbocycles. The van der Waals surface area contributed by atoms with E-state index < -0.39 is 0 Å². The van der Waals surface area contributed by atoms with Crippen molar-refractivity contribution in [3.05, 3.63) is 18.2 Å². The summed E-state index contributed by atoms with van der Waals surface area (Å²) in [5.74, 6) is 1.79. The molecule has 1 aromatic rings. The topological polar surface area (TPSA) is 18.5 Å². The Morgan fingerprint density at radius 2 is 1.82 bits per heavy atom. The first-order chi connectivity index (χ1) is 5.36. The highest BCUT2D eigenvalue weighted by Gasteiger charge is 2.09. The van der Waals surface area contributed by atoms with E-state index in [9.17, 15) is 0 Å². The third-order valence-electron chi connectivity index (χ3n) is 1.70. The Morgan fingerprint density at radius 1 is 1.09 bits per heavy atom. The lowest BCUT2D eigenvalue weighted by atomic mass is 10.3. The Labute approximate surface area is 68.6 Å². The van der Waals surface area contributed by atoms with Gasteiger partial charge in [0, 0.05) is 10.2 Å². The van der Waals surface area contributed by atoms with Gasteiger partial charge < -0.3 is 9.47 Å². The number of rotatable bonds is 0. The standard InChI is InChI=1S/C8H10O2Si/c11-6-1-2-7-8(5-6)10-4-3-9-7/h1-2,5H,3-4H2,11H3. The molecule has 0 saturated carbocycles. The van der Waals surface area contributed by atoms with Gasteiger partial charge in [-0.1, -0.05) is 11.3 Å². The highest BCUT2D eigenvalue weighted by atomic mass is 28.1. The summed E-state index contributed by atoms with van der Waals surface area (Å²) >= 11 is 0. The third kappa shape index (κ3) is 1.23. The monoisotopic (exact) mass is 166 g/mol. The van der Waals surface area contributed by atoms with E-state index in [0.29, 0.717) is 13.2 Å². The molecule has 0 N–H and O–H groups in total. The molecule has 1 aliphatic rings. The van der Waals surface area contributed by atoms with E-state index in [1.54, 1.807) is 0 Å². The van der Waals surface area contributed by atoms with Crippen molar-refractivity contribution in [2.45, 2.75) is 0 Å². The van der Waals surface area contributed by atoms with E-state index in [0.717, 1.165) is 21.7 Å². The molecule has 0 amide bonds. The molecule has 0 fully saturated rings. The van der Waals surface area contributed by atoms with Gasteiger partial charge in [-0.25, -0.2) is 0 Å². The fourth-order valence-electron chi connectivity index (χ4n) is 1.15. The maximum atomic E-state index is 5.40. The zero-order valence-electron chi connectivity index (χ0n) is 6.46. The van der Waals surface area contributed by atoms with Gasteiger partial charge in [0.25, 0.3) is 0 Å². The van der Waals surface area contributed by atoms with E-state index >= 15 is 0 Å². The average molecular weight is 166 g/mol. The zero-order valence-corrected chi connectivity index (χ0v) is 8.46. The van der Waals surface area contributed by atoms with Crippen LogP contribution in [0.15, 0.2) is 18.2 Å². The quantitative estimate of drug-likeness (QED) is 0.481. The van der Waals surface area contributed by atoms with Gasteiger partial charge in [-0.05, 0) is 12.1 Å². The molecule has 1 aliphatic heterocycles. The van der Waals surface area contributed by atoms with E-state index in [-0.39, 0.29) is 0 Å². The molecule has 2 rings (SSSR count). The van der Waals surface area contributed by atoms with Crippen molar-refractivity contribution in [2.24, 2.45) is 0 Å².